The first-order valence-corrected chi connectivity index (χ1v) is 4.46. The summed E-state index contributed by atoms with van der Waals surface area (Å²) in [5.41, 5.74) is 0. The third-order valence-electron chi connectivity index (χ3n) is 1.50. The zero-order valence-electron chi connectivity index (χ0n) is 7.32. The van der Waals surface area contributed by atoms with E-state index in [-0.39, 0.29) is 0 Å². The fourth-order valence-corrected chi connectivity index (χ4v) is 0.826. The minimum atomic E-state index is 1.16. The van der Waals surface area contributed by atoms with Crippen LogP contribution in [-0.2, 0) is 0 Å². The maximum atomic E-state index is 3.30. The molecule has 0 unspecified atom stereocenters. The van der Waals surface area contributed by atoms with Crippen molar-refractivity contribution in [1.29, 1.82) is 0 Å². The lowest BCUT2D eigenvalue weighted by molar-refractivity contribution is 0.643. The quantitative estimate of drug-likeness (QED) is 0.539. The van der Waals surface area contributed by atoms with Crippen molar-refractivity contribution in [2.75, 3.05) is 6.54 Å². The van der Waals surface area contributed by atoms with Crippen molar-refractivity contribution >= 4 is 0 Å². The van der Waals surface area contributed by atoms with Crippen molar-refractivity contribution in [3.8, 4) is 0 Å². The topological polar surface area (TPSA) is 12.0 Å². The van der Waals surface area contributed by atoms with E-state index in [0.29, 0.717) is 0 Å². The van der Waals surface area contributed by atoms with Crippen LogP contribution in [-0.4, -0.2) is 6.54 Å². The van der Waals surface area contributed by atoms with Crippen molar-refractivity contribution < 1.29 is 0 Å². The molecule has 0 fully saturated rings. The number of unbranched alkanes of at least 4 members (excludes halogenated alkanes) is 3. The van der Waals surface area contributed by atoms with E-state index in [0.717, 1.165) is 6.54 Å². The minimum Gasteiger partial charge on any atom is -0.312 e. The van der Waals surface area contributed by atoms with Crippen LogP contribution in [0.1, 0.15) is 46.0 Å². The number of hydrogen-bond acceptors (Lipinski definition) is 1. The van der Waals surface area contributed by atoms with Crippen molar-refractivity contribution in [2.45, 2.75) is 46.0 Å². The van der Waals surface area contributed by atoms with Crippen LogP contribution in [0, 0.1) is 6.54 Å². The highest BCUT2D eigenvalue weighted by atomic mass is 14.8. The molecule has 1 nitrogen and oxygen atoms in total. The Kier molecular flexibility index (Phi) is 8.92. The molecule has 1 N–H and O–H groups in total. The summed E-state index contributed by atoms with van der Waals surface area (Å²) in [6.45, 7) is 7.77. The Morgan fingerprint density at radius 3 is 2.50 bits per heavy atom. The summed E-state index contributed by atoms with van der Waals surface area (Å²) in [4.78, 5) is 0. The minimum absolute atomic E-state index is 1.16. The SMILES string of the molecule is CCC[CH]NCCCCC. The fourth-order valence-electron chi connectivity index (χ4n) is 0.826. The molecule has 0 amide bonds. The molecule has 0 aromatic carbocycles. The molecule has 0 rings (SSSR count). The predicted molar refractivity (Wildman–Crippen MR) is 46.7 cm³/mol. The second kappa shape index (κ2) is 8.96. The average molecular weight is 142 g/mol. The molecule has 0 saturated carbocycles. The third-order valence-corrected chi connectivity index (χ3v) is 1.50. The van der Waals surface area contributed by atoms with Gasteiger partial charge in [-0.05, 0) is 19.4 Å². The van der Waals surface area contributed by atoms with E-state index in [1.54, 1.807) is 0 Å². The van der Waals surface area contributed by atoms with Gasteiger partial charge in [0, 0.05) is 6.54 Å². The van der Waals surface area contributed by atoms with Crippen LogP contribution in [0.2, 0.25) is 0 Å². The number of hydrogen-bond donors (Lipinski definition) is 1. The van der Waals surface area contributed by atoms with Gasteiger partial charge in [-0.2, -0.15) is 0 Å². The zero-order chi connectivity index (χ0) is 7.66. The Morgan fingerprint density at radius 1 is 1.10 bits per heavy atom. The Labute approximate surface area is 65.2 Å². The first kappa shape index (κ1) is 9.96. The van der Waals surface area contributed by atoms with Gasteiger partial charge >= 0.3 is 0 Å². The first-order valence-electron chi connectivity index (χ1n) is 4.46. The van der Waals surface area contributed by atoms with Gasteiger partial charge in [0.05, 0.1) is 0 Å². The molecule has 0 aliphatic carbocycles. The summed E-state index contributed by atoms with van der Waals surface area (Å²) in [7, 11) is 0. The molecule has 0 saturated heterocycles. The highest BCUT2D eigenvalue weighted by molar-refractivity contribution is 4.59. The molecule has 1 radical (unpaired) electrons. The molecule has 0 bridgehead atoms. The lowest BCUT2D eigenvalue weighted by atomic mass is 10.2. The molecule has 0 spiro atoms. The van der Waals surface area contributed by atoms with Gasteiger partial charge in [-0.1, -0.05) is 33.1 Å². The Balaban J connectivity index is 2.65. The Morgan fingerprint density at radius 2 is 1.90 bits per heavy atom. The van der Waals surface area contributed by atoms with Crippen LogP contribution < -0.4 is 5.32 Å². The molecular formula is C9H20N. The monoisotopic (exact) mass is 142 g/mol. The molecule has 0 aromatic heterocycles. The van der Waals surface area contributed by atoms with Crippen molar-refractivity contribution in [3.63, 3.8) is 0 Å². The van der Waals surface area contributed by atoms with Gasteiger partial charge in [0.1, 0.15) is 0 Å². The van der Waals surface area contributed by atoms with Gasteiger partial charge in [-0.25, -0.2) is 0 Å². The van der Waals surface area contributed by atoms with E-state index >= 15 is 0 Å². The lowest BCUT2D eigenvalue weighted by Crippen LogP contribution is -2.10. The fraction of sp³-hybridized carbons (Fsp3) is 0.889. The van der Waals surface area contributed by atoms with Crippen LogP contribution in [0.5, 0.6) is 0 Å². The van der Waals surface area contributed by atoms with E-state index in [2.05, 4.69) is 25.7 Å². The summed E-state index contributed by atoms with van der Waals surface area (Å²) in [6.07, 6.45) is 6.44. The van der Waals surface area contributed by atoms with E-state index in [4.69, 9.17) is 0 Å². The zero-order valence-corrected chi connectivity index (χ0v) is 7.32. The Hall–Kier alpha value is -0.0400. The number of nitrogens with one attached hydrogen (secondary N) is 1. The summed E-state index contributed by atoms with van der Waals surface area (Å²) in [5.74, 6) is 0. The molecule has 10 heavy (non-hydrogen) atoms. The summed E-state index contributed by atoms with van der Waals surface area (Å²) >= 11 is 0. The number of rotatable bonds is 7. The highest BCUT2D eigenvalue weighted by Gasteiger charge is 1.85. The normalized spacial score (nSPS) is 10.2. The molecule has 0 aromatic rings. The standard InChI is InChI=1S/C9H20N/c1-3-5-7-9-10-8-6-4-2/h8,10H,3-7,9H2,1-2H3. The molecule has 0 heterocycles. The van der Waals surface area contributed by atoms with E-state index < -0.39 is 0 Å². The second-order valence-electron chi connectivity index (χ2n) is 2.65. The van der Waals surface area contributed by atoms with Crippen molar-refractivity contribution in [1.82, 2.24) is 5.32 Å². The molecule has 0 aliphatic rings. The Bertz CT molecular complexity index is 44.7. The van der Waals surface area contributed by atoms with E-state index in [1.165, 1.54) is 32.1 Å². The van der Waals surface area contributed by atoms with Gasteiger partial charge in [0.15, 0.2) is 0 Å². The van der Waals surface area contributed by atoms with Crippen LogP contribution >= 0.6 is 0 Å². The van der Waals surface area contributed by atoms with Crippen LogP contribution in [0.25, 0.3) is 0 Å². The first-order chi connectivity index (χ1) is 4.91. The van der Waals surface area contributed by atoms with E-state index in [1.807, 2.05) is 0 Å². The van der Waals surface area contributed by atoms with E-state index in [9.17, 15) is 0 Å². The van der Waals surface area contributed by atoms with Gasteiger partial charge in [0.25, 0.3) is 0 Å². The molecule has 0 atom stereocenters. The maximum Gasteiger partial charge on any atom is 0.0221 e. The largest absolute Gasteiger partial charge is 0.312 e. The van der Waals surface area contributed by atoms with Gasteiger partial charge < -0.3 is 5.32 Å². The maximum absolute atomic E-state index is 3.30. The molecule has 61 valence electrons. The summed E-state index contributed by atoms with van der Waals surface area (Å²) in [6, 6.07) is 0. The second-order valence-corrected chi connectivity index (χ2v) is 2.65. The smallest absolute Gasteiger partial charge is 0.0221 e. The predicted octanol–water partition coefficient (Wildman–Crippen LogP) is 2.73. The third kappa shape index (κ3) is 7.96. The van der Waals surface area contributed by atoms with Gasteiger partial charge in [-0.3, -0.25) is 0 Å². The van der Waals surface area contributed by atoms with Gasteiger partial charge in [0.2, 0.25) is 0 Å². The van der Waals surface area contributed by atoms with Crippen LogP contribution in [0.3, 0.4) is 0 Å². The summed E-state index contributed by atoms with van der Waals surface area (Å²) in [5, 5.41) is 3.30. The van der Waals surface area contributed by atoms with Gasteiger partial charge in [-0.15, -0.1) is 0 Å². The molecule has 0 aliphatic heterocycles. The van der Waals surface area contributed by atoms with Crippen molar-refractivity contribution in [2.24, 2.45) is 0 Å². The van der Waals surface area contributed by atoms with Crippen molar-refractivity contribution in [3.05, 3.63) is 6.54 Å². The van der Waals surface area contributed by atoms with Crippen LogP contribution in [0.4, 0.5) is 0 Å². The summed E-state index contributed by atoms with van der Waals surface area (Å²) < 4.78 is 0. The lowest BCUT2D eigenvalue weighted by Gasteiger charge is -2.00. The molecule has 1 heteroatoms. The molecular weight excluding hydrogens is 122 g/mol. The van der Waals surface area contributed by atoms with Crippen LogP contribution in [0.15, 0.2) is 0 Å². The average Bonchev–Trinajstić information content (AvgIpc) is 1.97. The highest BCUT2D eigenvalue weighted by Crippen LogP contribution is 1.93.